The van der Waals surface area contributed by atoms with Crippen molar-refractivity contribution in [3.63, 3.8) is 0 Å². The maximum atomic E-state index is 4.12. The van der Waals surface area contributed by atoms with Crippen LogP contribution in [0.25, 0.3) is 0 Å². The van der Waals surface area contributed by atoms with E-state index in [2.05, 4.69) is 33.4 Å². The van der Waals surface area contributed by atoms with Gasteiger partial charge in [0.1, 0.15) is 0 Å². The molecule has 0 nitrogen and oxygen atoms in total. The molecule has 1 saturated carbocycles. The van der Waals surface area contributed by atoms with E-state index in [-0.39, 0.29) is 0 Å². The first-order valence-corrected chi connectivity index (χ1v) is 5.07. The number of rotatable bonds is 3. The van der Waals surface area contributed by atoms with Gasteiger partial charge in [0.15, 0.2) is 0 Å². The Morgan fingerprint density at radius 1 is 1.46 bits per heavy atom. The zero-order chi connectivity index (χ0) is 9.84. The molecular weight excluding hydrogens is 156 g/mol. The lowest BCUT2D eigenvalue weighted by Gasteiger charge is -2.40. The van der Waals surface area contributed by atoms with Gasteiger partial charge in [-0.2, -0.15) is 0 Å². The number of hydrogen-bond acceptors (Lipinski definition) is 0. The molecule has 1 aliphatic carbocycles. The van der Waals surface area contributed by atoms with Crippen LogP contribution in [0.4, 0.5) is 0 Å². The Kier molecular flexibility index (Phi) is 3.53. The van der Waals surface area contributed by atoms with Crippen molar-refractivity contribution in [2.45, 2.75) is 26.7 Å². The summed E-state index contributed by atoms with van der Waals surface area (Å²) in [6.07, 6.45) is 8.50. The molecule has 0 spiro atoms. The number of allylic oxidation sites excluding steroid dienone is 5. The van der Waals surface area contributed by atoms with Crippen LogP contribution >= 0.6 is 0 Å². The summed E-state index contributed by atoms with van der Waals surface area (Å²) in [4.78, 5) is 0. The van der Waals surface area contributed by atoms with Crippen LogP contribution in [-0.2, 0) is 0 Å². The van der Waals surface area contributed by atoms with E-state index in [4.69, 9.17) is 0 Å². The molecule has 0 saturated heterocycles. The van der Waals surface area contributed by atoms with Crippen molar-refractivity contribution in [1.82, 2.24) is 0 Å². The van der Waals surface area contributed by atoms with Gasteiger partial charge < -0.3 is 0 Å². The monoisotopic (exact) mass is 175 g/mol. The Bertz CT molecular complexity index is 243. The van der Waals surface area contributed by atoms with Crippen LogP contribution in [0.2, 0.25) is 0 Å². The lowest BCUT2D eigenvalue weighted by molar-refractivity contribution is 0.367. The summed E-state index contributed by atoms with van der Waals surface area (Å²) < 4.78 is 0. The summed E-state index contributed by atoms with van der Waals surface area (Å²) in [6.45, 7) is 12.3. The van der Waals surface area contributed by atoms with Crippen LogP contribution in [-0.4, -0.2) is 0 Å². The van der Waals surface area contributed by atoms with E-state index in [1.165, 1.54) is 24.0 Å². The second kappa shape index (κ2) is 4.45. The first-order chi connectivity index (χ1) is 6.22. The van der Waals surface area contributed by atoms with E-state index in [0.29, 0.717) is 5.92 Å². The third-order valence-electron chi connectivity index (χ3n) is 2.92. The first kappa shape index (κ1) is 10.3. The highest BCUT2D eigenvalue weighted by Gasteiger charge is 2.34. The Hall–Kier alpha value is -0.780. The molecule has 1 radical (unpaired) electrons. The summed E-state index contributed by atoms with van der Waals surface area (Å²) in [6, 6.07) is 0. The normalized spacial score (nSPS) is 31.3. The Labute approximate surface area is 82.0 Å². The highest BCUT2D eigenvalue weighted by Crippen LogP contribution is 2.46. The average molecular weight is 175 g/mol. The van der Waals surface area contributed by atoms with Crippen molar-refractivity contribution in [2.75, 3.05) is 0 Å². The zero-order valence-electron chi connectivity index (χ0n) is 8.72. The molecule has 71 valence electrons. The van der Waals surface area contributed by atoms with Crippen molar-refractivity contribution in [3.05, 3.63) is 42.9 Å². The van der Waals surface area contributed by atoms with Crippen LogP contribution in [0, 0.1) is 18.8 Å². The second-order valence-corrected chi connectivity index (χ2v) is 3.76. The van der Waals surface area contributed by atoms with Gasteiger partial charge in [-0.3, -0.25) is 0 Å². The van der Waals surface area contributed by atoms with Gasteiger partial charge in [-0.15, -0.1) is 0 Å². The molecule has 0 N–H and O–H groups in total. The minimum atomic E-state index is 0.698. The van der Waals surface area contributed by atoms with Gasteiger partial charge in [-0.1, -0.05) is 45.1 Å². The highest BCUT2D eigenvalue weighted by atomic mass is 14.4. The van der Waals surface area contributed by atoms with Crippen LogP contribution in [0.15, 0.2) is 36.0 Å². The maximum absolute atomic E-state index is 4.12. The molecule has 1 aliphatic rings. The van der Waals surface area contributed by atoms with E-state index < -0.39 is 0 Å². The van der Waals surface area contributed by atoms with Crippen LogP contribution in [0.1, 0.15) is 26.7 Å². The molecule has 1 fully saturated rings. The van der Waals surface area contributed by atoms with E-state index in [1.54, 1.807) is 0 Å². The Morgan fingerprint density at radius 2 is 2.15 bits per heavy atom. The molecule has 0 aromatic carbocycles. The Balaban J connectivity index is 2.61. The minimum Gasteiger partial charge on any atom is -0.0952 e. The molecule has 0 heterocycles. The van der Waals surface area contributed by atoms with E-state index >= 15 is 0 Å². The van der Waals surface area contributed by atoms with Crippen molar-refractivity contribution in [1.29, 1.82) is 0 Å². The van der Waals surface area contributed by atoms with Crippen LogP contribution < -0.4 is 0 Å². The smallest absolute Gasteiger partial charge is 0.00988 e. The molecule has 13 heavy (non-hydrogen) atoms. The van der Waals surface area contributed by atoms with Crippen molar-refractivity contribution >= 4 is 0 Å². The predicted octanol–water partition coefficient (Wildman–Crippen LogP) is 3.93. The standard InChI is InChI=1S/C13H19/c1-5-7-9-13-10(3)12(8-6-2)11(13)4/h5,7,9,11-12H,1,3,6,8H2,2,4H3/b7-5+,13-9+/t11?,12-/m1/s1. The van der Waals surface area contributed by atoms with E-state index in [1.807, 2.05) is 12.2 Å². The molecule has 2 atom stereocenters. The fourth-order valence-electron chi connectivity index (χ4n) is 2.09. The molecule has 0 aliphatic heterocycles. The summed E-state index contributed by atoms with van der Waals surface area (Å²) in [5, 5.41) is 0. The maximum Gasteiger partial charge on any atom is -0.00988 e. The second-order valence-electron chi connectivity index (χ2n) is 3.76. The summed E-state index contributed by atoms with van der Waals surface area (Å²) >= 11 is 0. The van der Waals surface area contributed by atoms with E-state index in [0.717, 1.165) is 5.92 Å². The summed E-state index contributed by atoms with van der Waals surface area (Å²) in [5.74, 6) is 1.43. The molecule has 0 heteroatoms. The zero-order valence-corrected chi connectivity index (χ0v) is 8.72. The van der Waals surface area contributed by atoms with Gasteiger partial charge in [-0.25, -0.2) is 0 Å². The van der Waals surface area contributed by atoms with Gasteiger partial charge in [0.25, 0.3) is 0 Å². The third-order valence-corrected chi connectivity index (χ3v) is 2.92. The van der Waals surface area contributed by atoms with Gasteiger partial charge in [-0.05, 0) is 36.3 Å². The fraction of sp³-hybridized carbons (Fsp3) is 0.462. The lowest BCUT2D eigenvalue weighted by atomic mass is 9.65. The molecular formula is C13H19. The lowest BCUT2D eigenvalue weighted by Crippen LogP contribution is -2.29. The van der Waals surface area contributed by atoms with Crippen molar-refractivity contribution in [2.24, 2.45) is 11.8 Å². The first-order valence-electron chi connectivity index (χ1n) is 5.07. The predicted molar refractivity (Wildman–Crippen MR) is 59.3 cm³/mol. The van der Waals surface area contributed by atoms with Crippen molar-refractivity contribution in [3.8, 4) is 0 Å². The summed E-state index contributed by atoms with van der Waals surface area (Å²) in [5.41, 5.74) is 2.76. The minimum absolute atomic E-state index is 0.698. The van der Waals surface area contributed by atoms with Gasteiger partial charge in [0.05, 0.1) is 0 Å². The Morgan fingerprint density at radius 3 is 2.62 bits per heavy atom. The quantitative estimate of drug-likeness (QED) is 0.609. The van der Waals surface area contributed by atoms with Crippen LogP contribution in [0.3, 0.4) is 0 Å². The average Bonchev–Trinajstić information content (AvgIpc) is 2.15. The largest absolute Gasteiger partial charge is 0.0952 e. The molecule has 0 aromatic rings. The van der Waals surface area contributed by atoms with Gasteiger partial charge in [0, 0.05) is 0 Å². The number of hydrogen-bond donors (Lipinski definition) is 0. The topological polar surface area (TPSA) is 0 Å². The fourth-order valence-corrected chi connectivity index (χ4v) is 2.09. The van der Waals surface area contributed by atoms with E-state index in [9.17, 15) is 0 Å². The third kappa shape index (κ3) is 1.93. The molecule has 0 bridgehead atoms. The highest BCUT2D eigenvalue weighted by molar-refractivity contribution is 5.45. The molecule has 1 rings (SSSR count). The molecule has 0 amide bonds. The van der Waals surface area contributed by atoms with Crippen LogP contribution in [0.5, 0.6) is 0 Å². The van der Waals surface area contributed by atoms with Gasteiger partial charge in [0.2, 0.25) is 0 Å². The molecule has 1 unspecified atom stereocenters. The summed E-state index contributed by atoms with van der Waals surface area (Å²) in [7, 11) is 0. The van der Waals surface area contributed by atoms with Gasteiger partial charge >= 0.3 is 0 Å². The SMILES string of the molecule is [CH2]/C=C/C=C1\C(=C)[C@@H](CCC)C1C. The molecule has 0 aromatic heterocycles. The van der Waals surface area contributed by atoms with Crippen molar-refractivity contribution < 1.29 is 0 Å².